The molecule has 1 saturated heterocycles. The number of hydrogen-bond donors (Lipinski definition) is 1. The van der Waals surface area contributed by atoms with Gasteiger partial charge < -0.3 is 14.8 Å². The van der Waals surface area contributed by atoms with E-state index in [4.69, 9.17) is 4.74 Å². The van der Waals surface area contributed by atoms with E-state index in [1.54, 1.807) is 6.08 Å². The van der Waals surface area contributed by atoms with Crippen molar-refractivity contribution in [2.45, 2.75) is 25.3 Å². The monoisotopic (exact) mass is 265 g/mol. The first-order valence-corrected chi connectivity index (χ1v) is 5.98. The number of hydrogen-bond acceptors (Lipinski definition) is 5. The van der Waals surface area contributed by atoms with Crippen molar-refractivity contribution >= 4 is 17.8 Å². The maximum atomic E-state index is 11.9. The molecule has 0 spiro atoms. The van der Waals surface area contributed by atoms with Gasteiger partial charge in [0, 0.05) is 0 Å². The van der Waals surface area contributed by atoms with Crippen LogP contribution in [0.15, 0.2) is 22.8 Å². The molecule has 19 heavy (non-hydrogen) atoms. The first-order chi connectivity index (χ1) is 9.08. The Morgan fingerprint density at radius 1 is 1.26 bits per heavy atom. The zero-order valence-electron chi connectivity index (χ0n) is 10.8. The van der Waals surface area contributed by atoms with Crippen molar-refractivity contribution < 1.29 is 23.9 Å². The number of amides is 1. The summed E-state index contributed by atoms with van der Waals surface area (Å²) < 4.78 is 9.41. The molecule has 102 valence electrons. The van der Waals surface area contributed by atoms with Gasteiger partial charge >= 0.3 is 11.9 Å². The molecule has 1 amide bonds. The molecule has 1 N–H and O–H groups in total. The van der Waals surface area contributed by atoms with Crippen LogP contribution in [0.4, 0.5) is 0 Å². The molecule has 2 rings (SSSR count). The fraction of sp³-hybridized carbons (Fsp3) is 0.462. The number of ether oxygens (including phenoxy) is 2. The lowest BCUT2D eigenvalue weighted by molar-refractivity contribution is -0.139. The topological polar surface area (TPSA) is 81.7 Å². The van der Waals surface area contributed by atoms with E-state index in [0.717, 1.165) is 5.57 Å². The molecule has 0 radical (unpaired) electrons. The molecular weight excluding hydrogens is 250 g/mol. The van der Waals surface area contributed by atoms with Gasteiger partial charge in [-0.2, -0.15) is 0 Å². The van der Waals surface area contributed by atoms with E-state index in [1.807, 2.05) is 0 Å². The van der Waals surface area contributed by atoms with Gasteiger partial charge in [-0.05, 0) is 18.4 Å². The number of esters is 2. The van der Waals surface area contributed by atoms with Gasteiger partial charge in [-0.3, -0.25) is 4.79 Å². The molecular formula is C13H15NO5. The van der Waals surface area contributed by atoms with E-state index in [0.29, 0.717) is 19.3 Å². The first kappa shape index (κ1) is 13.3. The van der Waals surface area contributed by atoms with Crippen molar-refractivity contribution in [1.82, 2.24) is 5.32 Å². The van der Waals surface area contributed by atoms with Gasteiger partial charge in [0.2, 0.25) is 5.91 Å². The van der Waals surface area contributed by atoms with Crippen molar-refractivity contribution in [3.63, 3.8) is 0 Å². The Kier molecular flexibility index (Phi) is 3.69. The number of carbonyl (C=O) groups excluding carboxylic acids is 3. The molecule has 1 heterocycles. The second-order valence-electron chi connectivity index (χ2n) is 4.36. The summed E-state index contributed by atoms with van der Waals surface area (Å²) in [5.41, 5.74) is 1.19. The highest BCUT2D eigenvalue weighted by molar-refractivity contribution is 6.08. The predicted molar refractivity (Wildman–Crippen MR) is 64.9 cm³/mol. The molecule has 0 aromatic rings. The standard InChI is InChI=1S/C13H15NO5/c1-18-12(16)8-5-3-4-7(9-6-10(15)14-9)11(8)13(17)19-2/h5,9H,3-4,6H2,1-2H3,(H,14,15). The summed E-state index contributed by atoms with van der Waals surface area (Å²) in [4.78, 5) is 34.6. The zero-order valence-corrected chi connectivity index (χ0v) is 10.8. The Bertz CT molecular complexity index is 495. The van der Waals surface area contributed by atoms with E-state index in [2.05, 4.69) is 10.1 Å². The van der Waals surface area contributed by atoms with E-state index in [1.165, 1.54) is 14.2 Å². The number of allylic oxidation sites excluding steroid dienone is 1. The average Bonchev–Trinajstić information content (AvgIpc) is 2.41. The lowest BCUT2D eigenvalue weighted by Gasteiger charge is -2.32. The van der Waals surface area contributed by atoms with Crippen molar-refractivity contribution in [3.05, 3.63) is 22.8 Å². The van der Waals surface area contributed by atoms with Crippen molar-refractivity contribution in [3.8, 4) is 0 Å². The molecule has 0 saturated carbocycles. The fourth-order valence-corrected chi connectivity index (χ4v) is 2.33. The third kappa shape index (κ3) is 2.38. The minimum Gasteiger partial charge on any atom is -0.465 e. The third-order valence-corrected chi connectivity index (χ3v) is 3.29. The lowest BCUT2D eigenvalue weighted by Crippen LogP contribution is -2.50. The molecule has 1 aliphatic heterocycles. The summed E-state index contributed by atoms with van der Waals surface area (Å²) in [5, 5.41) is 2.71. The van der Waals surface area contributed by atoms with Crippen LogP contribution in [0, 0.1) is 0 Å². The Balaban J connectivity index is 2.40. The molecule has 2 aliphatic rings. The van der Waals surface area contributed by atoms with Crippen LogP contribution in [0.1, 0.15) is 19.3 Å². The van der Waals surface area contributed by atoms with Crippen LogP contribution in [0.2, 0.25) is 0 Å². The van der Waals surface area contributed by atoms with E-state index < -0.39 is 11.9 Å². The van der Waals surface area contributed by atoms with Crippen LogP contribution in [0.3, 0.4) is 0 Å². The van der Waals surface area contributed by atoms with Crippen LogP contribution < -0.4 is 5.32 Å². The summed E-state index contributed by atoms with van der Waals surface area (Å²) in [5.74, 6) is -1.20. The molecule has 1 unspecified atom stereocenters. The molecule has 0 aromatic heterocycles. The fourth-order valence-electron chi connectivity index (χ4n) is 2.33. The highest BCUT2D eigenvalue weighted by atomic mass is 16.5. The SMILES string of the molecule is COC(=O)C1=CCCC(C2CC(=O)N2)=C1C(=O)OC. The minimum absolute atomic E-state index is 0.0594. The summed E-state index contributed by atoms with van der Waals surface area (Å²) in [7, 11) is 2.52. The summed E-state index contributed by atoms with van der Waals surface area (Å²) in [6.07, 6.45) is 3.26. The highest BCUT2D eigenvalue weighted by Crippen LogP contribution is 2.32. The minimum atomic E-state index is -0.576. The Labute approximate surface area is 110 Å². The maximum absolute atomic E-state index is 11.9. The van der Waals surface area contributed by atoms with Gasteiger partial charge in [0.25, 0.3) is 0 Å². The highest BCUT2D eigenvalue weighted by Gasteiger charge is 2.36. The van der Waals surface area contributed by atoms with Crippen molar-refractivity contribution in [2.75, 3.05) is 14.2 Å². The largest absolute Gasteiger partial charge is 0.465 e. The van der Waals surface area contributed by atoms with Gasteiger partial charge in [0.05, 0.1) is 37.8 Å². The normalized spacial score (nSPS) is 22.1. The van der Waals surface area contributed by atoms with Crippen LogP contribution in [0.25, 0.3) is 0 Å². The number of methoxy groups -OCH3 is 2. The zero-order chi connectivity index (χ0) is 14.0. The third-order valence-electron chi connectivity index (χ3n) is 3.29. The van der Waals surface area contributed by atoms with E-state index in [-0.39, 0.29) is 23.1 Å². The second kappa shape index (κ2) is 5.26. The van der Waals surface area contributed by atoms with E-state index in [9.17, 15) is 14.4 Å². The lowest BCUT2D eigenvalue weighted by atomic mass is 9.83. The quantitative estimate of drug-likeness (QED) is 0.584. The van der Waals surface area contributed by atoms with E-state index >= 15 is 0 Å². The second-order valence-corrected chi connectivity index (χ2v) is 4.36. The number of rotatable bonds is 3. The maximum Gasteiger partial charge on any atom is 0.338 e. The Morgan fingerprint density at radius 2 is 1.89 bits per heavy atom. The van der Waals surface area contributed by atoms with Crippen LogP contribution in [0.5, 0.6) is 0 Å². The van der Waals surface area contributed by atoms with Crippen LogP contribution in [-0.4, -0.2) is 38.1 Å². The summed E-state index contributed by atoms with van der Waals surface area (Å²) in [6, 6.07) is -0.185. The van der Waals surface area contributed by atoms with Gasteiger partial charge in [0.15, 0.2) is 0 Å². The molecule has 1 aliphatic carbocycles. The van der Waals surface area contributed by atoms with Gasteiger partial charge in [-0.25, -0.2) is 9.59 Å². The molecule has 0 aromatic carbocycles. The summed E-state index contributed by atoms with van der Waals surface area (Å²) in [6.45, 7) is 0. The van der Waals surface area contributed by atoms with Gasteiger partial charge in [-0.15, -0.1) is 0 Å². The first-order valence-electron chi connectivity index (χ1n) is 5.98. The van der Waals surface area contributed by atoms with Crippen LogP contribution in [-0.2, 0) is 23.9 Å². The van der Waals surface area contributed by atoms with Gasteiger partial charge in [0.1, 0.15) is 0 Å². The number of carbonyl (C=O) groups is 3. The number of β-lactam (4-membered cyclic amide) rings is 1. The average molecular weight is 265 g/mol. The molecule has 1 fully saturated rings. The summed E-state index contributed by atoms with van der Waals surface area (Å²) >= 11 is 0. The molecule has 6 heteroatoms. The molecule has 6 nitrogen and oxygen atoms in total. The smallest absolute Gasteiger partial charge is 0.338 e. The molecule has 1 atom stereocenters. The van der Waals surface area contributed by atoms with Crippen LogP contribution >= 0.6 is 0 Å². The van der Waals surface area contributed by atoms with Gasteiger partial charge in [-0.1, -0.05) is 6.08 Å². The number of nitrogens with one attached hydrogen (secondary N) is 1. The van der Waals surface area contributed by atoms with Crippen molar-refractivity contribution in [2.24, 2.45) is 0 Å². The Hall–Kier alpha value is -2.11. The molecule has 0 bridgehead atoms. The Morgan fingerprint density at radius 3 is 2.42 bits per heavy atom. The van der Waals surface area contributed by atoms with Crippen molar-refractivity contribution in [1.29, 1.82) is 0 Å². The predicted octanol–water partition coefficient (Wildman–Crippen LogP) is 0.238.